The summed E-state index contributed by atoms with van der Waals surface area (Å²) in [6.45, 7) is 5.06. The third kappa shape index (κ3) is 2.45. The van der Waals surface area contributed by atoms with E-state index in [1.807, 2.05) is 0 Å². The summed E-state index contributed by atoms with van der Waals surface area (Å²) in [6, 6.07) is -0.722. The summed E-state index contributed by atoms with van der Waals surface area (Å²) in [6.07, 6.45) is -0.741. The van der Waals surface area contributed by atoms with E-state index in [1.54, 1.807) is 13.8 Å². The molecule has 10 heavy (non-hydrogen) atoms. The summed E-state index contributed by atoms with van der Waals surface area (Å²) in [5.41, 5.74) is 5.36. The number of hydrogen-bond donors (Lipinski definition) is 2. The van der Waals surface area contributed by atoms with E-state index in [0.717, 1.165) is 0 Å². The maximum absolute atomic E-state index is 11.0. The van der Waals surface area contributed by atoms with Gasteiger partial charge in [-0.05, 0) is 6.92 Å². The van der Waals surface area contributed by atoms with Crippen LogP contribution < -0.4 is 5.73 Å². The predicted molar refractivity (Wildman–Crippen MR) is 39.5 cm³/mol. The molecule has 0 aromatic rings. The predicted octanol–water partition coefficient (Wildman–Crippen LogP) is -0.0804. The highest BCUT2D eigenvalue weighted by molar-refractivity contribution is 5.85. The summed E-state index contributed by atoms with van der Waals surface area (Å²) in [4.78, 5) is 11.0. The second-order valence-corrected chi connectivity index (χ2v) is 2.82. The second kappa shape index (κ2) is 3.68. The molecule has 2 atom stereocenters. The molecule has 0 aliphatic heterocycles. The van der Waals surface area contributed by atoms with Gasteiger partial charge in [0.15, 0.2) is 5.78 Å². The van der Waals surface area contributed by atoms with Gasteiger partial charge in [-0.15, -0.1) is 0 Å². The van der Waals surface area contributed by atoms with Crippen LogP contribution in [0.15, 0.2) is 0 Å². The molecule has 0 saturated heterocycles. The van der Waals surface area contributed by atoms with E-state index in [4.69, 9.17) is 10.8 Å². The van der Waals surface area contributed by atoms with Crippen molar-refractivity contribution >= 4 is 5.78 Å². The number of carbonyl (C=O) groups excluding carboxylic acids is 1. The Hall–Kier alpha value is -0.410. The van der Waals surface area contributed by atoms with Crippen molar-refractivity contribution in [3.8, 4) is 0 Å². The molecule has 0 aromatic heterocycles. The van der Waals surface area contributed by atoms with Crippen molar-refractivity contribution in [2.75, 3.05) is 0 Å². The van der Waals surface area contributed by atoms with Crippen LogP contribution in [0.2, 0.25) is 0 Å². The van der Waals surface area contributed by atoms with Gasteiger partial charge in [-0.1, -0.05) is 13.8 Å². The van der Waals surface area contributed by atoms with Crippen LogP contribution in [-0.4, -0.2) is 23.0 Å². The molecule has 0 heterocycles. The Balaban J connectivity index is 3.95. The highest BCUT2D eigenvalue weighted by atomic mass is 16.3. The van der Waals surface area contributed by atoms with Crippen molar-refractivity contribution in [2.45, 2.75) is 32.9 Å². The van der Waals surface area contributed by atoms with Crippen LogP contribution in [0, 0.1) is 5.92 Å². The van der Waals surface area contributed by atoms with Crippen LogP contribution in [0.4, 0.5) is 0 Å². The van der Waals surface area contributed by atoms with Crippen molar-refractivity contribution in [3.05, 3.63) is 0 Å². The van der Waals surface area contributed by atoms with Crippen LogP contribution in [0.1, 0.15) is 20.8 Å². The van der Waals surface area contributed by atoms with Crippen LogP contribution >= 0.6 is 0 Å². The first-order valence-electron chi connectivity index (χ1n) is 3.44. The maximum Gasteiger partial charge on any atom is 0.154 e. The highest BCUT2D eigenvalue weighted by Crippen LogP contribution is 2.00. The first kappa shape index (κ1) is 9.59. The summed E-state index contributed by atoms with van der Waals surface area (Å²) >= 11 is 0. The van der Waals surface area contributed by atoms with E-state index >= 15 is 0 Å². The van der Waals surface area contributed by atoms with Crippen LogP contribution in [0.3, 0.4) is 0 Å². The van der Waals surface area contributed by atoms with Gasteiger partial charge in [-0.3, -0.25) is 4.79 Å². The van der Waals surface area contributed by atoms with Gasteiger partial charge in [-0.2, -0.15) is 0 Å². The fourth-order valence-corrected chi connectivity index (χ4v) is 0.623. The van der Waals surface area contributed by atoms with Crippen molar-refractivity contribution in [3.63, 3.8) is 0 Å². The lowest BCUT2D eigenvalue weighted by molar-refractivity contribution is -0.125. The summed E-state index contributed by atoms with van der Waals surface area (Å²) in [7, 11) is 0. The third-order valence-electron chi connectivity index (χ3n) is 1.42. The average Bonchev–Trinajstić information content (AvgIpc) is 1.84. The molecule has 0 rings (SSSR count). The smallest absolute Gasteiger partial charge is 0.154 e. The number of ketones is 1. The Morgan fingerprint density at radius 1 is 1.40 bits per heavy atom. The minimum Gasteiger partial charge on any atom is -0.391 e. The molecule has 0 aliphatic rings. The van der Waals surface area contributed by atoms with E-state index in [0.29, 0.717) is 0 Å². The van der Waals surface area contributed by atoms with E-state index in [1.165, 1.54) is 6.92 Å². The molecule has 0 saturated carbocycles. The number of carbonyl (C=O) groups is 1. The van der Waals surface area contributed by atoms with E-state index in [-0.39, 0.29) is 11.7 Å². The van der Waals surface area contributed by atoms with Gasteiger partial charge in [0.05, 0.1) is 12.1 Å². The number of aliphatic hydroxyl groups is 1. The number of rotatable bonds is 3. The molecule has 0 aromatic carbocycles. The van der Waals surface area contributed by atoms with Gasteiger partial charge in [0.2, 0.25) is 0 Å². The molecule has 3 N–H and O–H groups in total. The number of hydrogen-bond acceptors (Lipinski definition) is 3. The quantitative estimate of drug-likeness (QED) is 0.584. The van der Waals surface area contributed by atoms with Gasteiger partial charge in [0.1, 0.15) is 0 Å². The minimum atomic E-state index is -0.741. The average molecular weight is 145 g/mol. The standard InChI is InChI=1S/C7H15NO2/c1-4(2)7(10)6(8)5(3)9/h4-6,9H,8H2,1-3H3/t5-,6+/m0/s1. The molecule has 0 radical (unpaired) electrons. The maximum atomic E-state index is 11.0. The molecular formula is C7H15NO2. The first-order chi connectivity index (χ1) is 4.46. The Morgan fingerprint density at radius 2 is 1.80 bits per heavy atom. The number of aliphatic hydroxyl groups excluding tert-OH is 1. The highest BCUT2D eigenvalue weighted by Gasteiger charge is 2.20. The van der Waals surface area contributed by atoms with Crippen molar-refractivity contribution in [1.29, 1.82) is 0 Å². The van der Waals surface area contributed by atoms with Crippen LogP contribution in [0.5, 0.6) is 0 Å². The zero-order valence-electron chi connectivity index (χ0n) is 6.66. The summed E-state index contributed by atoms with van der Waals surface area (Å²) in [5, 5.41) is 8.89. The van der Waals surface area contributed by atoms with Gasteiger partial charge in [-0.25, -0.2) is 0 Å². The van der Waals surface area contributed by atoms with E-state index in [2.05, 4.69) is 0 Å². The molecule has 0 fully saturated rings. The normalized spacial score (nSPS) is 17.0. The lowest BCUT2D eigenvalue weighted by Gasteiger charge is -2.14. The van der Waals surface area contributed by atoms with Gasteiger partial charge in [0.25, 0.3) is 0 Å². The monoisotopic (exact) mass is 145 g/mol. The largest absolute Gasteiger partial charge is 0.391 e. The molecular weight excluding hydrogens is 130 g/mol. The Bertz CT molecular complexity index is 121. The molecule has 60 valence electrons. The fourth-order valence-electron chi connectivity index (χ4n) is 0.623. The second-order valence-electron chi connectivity index (χ2n) is 2.82. The van der Waals surface area contributed by atoms with Crippen LogP contribution in [0.25, 0.3) is 0 Å². The zero-order valence-corrected chi connectivity index (χ0v) is 6.66. The Morgan fingerprint density at radius 3 is 1.90 bits per heavy atom. The van der Waals surface area contributed by atoms with Gasteiger partial charge in [0, 0.05) is 5.92 Å². The fraction of sp³-hybridized carbons (Fsp3) is 0.857. The molecule has 0 unspecified atom stereocenters. The molecule has 0 spiro atoms. The molecule has 3 heteroatoms. The van der Waals surface area contributed by atoms with Gasteiger partial charge < -0.3 is 10.8 Å². The molecule has 3 nitrogen and oxygen atoms in total. The van der Waals surface area contributed by atoms with Crippen molar-refractivity contribution in [2.24, 2.45) is 11.7 Å². The molecule has 0 aliphatic carbocycles. The van der Waals surface area contributed by atoms with Gasteiger partial charge >= 0.3 is 0 Å². The number of Topliss-reactive ketones (excluding diaryl/α,β-unsaturated/α-hetero) is 1. The van der Waals surface area contributed by atoms with Crippen molar-refractivity contribution < 1.29 is 9.90 Å². The molecule has 0 amide bonds. The van der Waals surface area contributed by atoms with Crippen molar-refractivity contribution in [1.82, 2.24) is 0 Å². The lowest BCUT2D eigenvalue weighted by atomic mass is 9.99. The number of nitrogens with two attached hydrogens (primary N) is 1. The zero-order chi connectivity index (χ0) is 8.31. The Labute approximate surface area is 61.2 Å². The Kier molecular flexibility index (Phi) is 3.53. The summed E-state index contributed by atoms with van der Waals surface area (Å²) < 4.78 is 0. The first-order valence-corrected chi connectivity index (χ1v) is 3.44. The molecule has 0 bridgehead atoms. The minimum absolute atomic E-state index is 0.0880. The summed E-state index contributed by atoms with van der Waals surface area (Å²) in [5.74, 6) is -0.181. The lowest BCUT2D eigenvalue weighted by Crippen LogP contribution is -2.42. The topological polar surface area (TPSA) is 63.3 Å². The van der Waals surface area contributed by atoms with E-state index in [9.17, 15) is 4.79 Å². The van der Waals surface area contributed by atoms with Crippen LogP contribution in [-0.2, 0) is 4.79 Å². The third-order valence-corrected chi connectivity index (χ3v) is 1.42. The van der Waals surface area contributed by atoms with E-state index < -0.39 is 12.1 Å². The SMILES string of the molecule is CC(C)C(=O)[C@H](N)[C@H](C)O.